The molecule has 6 nitrogen and oxygen atoms in total. The summed E-state index contributed by atoms with van der Waals surface area (Å²) in [6.45, 7) is 0. The molecule has 1 amide bonds. The van der Waals surface area contributed by atoms with Crippen molar-refractivity contribution < 1.29 is 4.79 Å². The van der Waals surface area contributed by atoms with Gasteiger partial charge in [0.15, 0.2) is 5.69 Å². The van der Waals surface area contributed by atoms with Crippen LogP contribution in [0.25, 0.3) is 21.7 Å². The van der Waals surface area contributed by atoms with Gasteiger partial charge in [-0.25, -0.2) is 4.68 Å². The average Bonchev–Trinajstić information content (AvgIpc) is 3.10. The maximum Gasteiger partial charge on any atom is 0.274 e. The van der Waals surface area contributed by atoms with Crippen LogP contribution in [-0.2, 0) is 13.5 Å². The van der Waals surface area contributed by atoms with Crippen molar-refractivity contribution in [2.24, 2.45) is 7.05 Å². The number of carbonyl (C=O) groups excluding carboxylic acids is 1. The molecule has 1 atom stereocenters. The van der Waals surface area contributed by atoms with Crippen molar-refractivity contribution in [3.8, 4) is 0 Å². The van der Waals surface area contributed by atoms with E-state index >= 15 is 0 Å². The second-order valence-electron chi connectivity index (χ2n) is 7.30. The Morgan fingerprint density at radius 2 is 1.82 bits per heavy atom. The lowest BCUT2D eigenvalue weighted by Crippen LogP contribution is -2.33. The number of aromatic amines is 1. The second kappa shape index (κ2) is 6.34. The number of nitrogens with one attached hydrogen (secondary N) is 2. The van der Waals surface area contributed by atoms with Crippen LogP contribution < -0.4 is 10.9 Å². The zero-order valence-corrected chi connectivity index (χ0v) is 15.5. The van der Waals surface area contributed by atoms with Crippen LogP contribution in [0.3, 0.4) is 0 Å². The van der Waals surface area contributed by atoms with Gasteiger partial charge >= 0.3 is 0 Å². The van der Waals surface area contributed by atoms with E-state index < -0.39 is 0 Å². The first kappa shape index (κ1) is 16.7. The van der Waals surface area contributed by atoms with Gasteiger partial charge in [-0.1, -0.05) is 36.4 Å². The van der Waals surface area contributed by atoms with Crippen LogP contribution in [0.4, 0.5) is 0 Å². The minimum atomic E-state index is -0.261. The molecule has 2 heterocycles. The smallest absolute Gasteiger partial charge is 0.274 e. The maximum atomic E-state index is 13.1. The standard InChI is InChI=1S/C22H20N4O2/c1-26-22(28)16-9-3-2-8-15(16)20(25-26)21(27)24-18-12-6-10-14-13-7-4-5-11-17(13)23-19(14)18/h2-5,7-9,11,18,23H,6,10,12H2,1H3,(H,24,27). The molecular formula is C22H20N4O2. The minimum Gasteiger partial charge on any atom is -0.356 e. The summed E-state index contributed by atoms with van der Waals surface area (Å²) in [4.78, 5) is 28.9. The lowest BCUT2D eigenvalue weighted by atomic mass is 9.91. The molecule has 2 N–H and O–H groups in total. The summed E-state index contributed by atoms with van der Waals surface area (Å²) in [5.74, 6) is -0.261. The first-order valence-corrected chi connectivity index (χ1v) is 9.50. The SMILES string of the molecule is Cn1nc(C(=O)NC2CCCc3c2[nH]c2ccccc32)c2ccccc2c1=O. The fourth-order valence-corrected chi connectivity index (χ4v) is 4.25. The molecule has 5 rings (SSSR count). The number of amides is 1. The summed E-state index contributed by atoms with van der Waals surface area (Å²) in [6.07, 6.45) is 2.89. The van der Waals surface area contributed by atoms with Crippen LogP contribution in [-0.4, -0.2) is 20.7 Å². The largest absolute Gasteiger partial charge is 0.356 e. The molecule has 1 aliphatic rings. The van der Waals surface area contributed by atoms with E-state index in [0.717, 1.165) is 30.5 Å². The number of para-hydroxylation sites is 1. The first-order valence-electron chi connectivity index (χ1n) is 9.50. The van der Waals surface area contributed by atoms with Gasteiger partial charge < -0.3 is 10.3 Å². The molecule has 0 bridgehead atoms. The summed E-state index contributed by atoms with van der Waals surface area (Å²) >= 11 is 0. The van der Waals surface area contributed by atoms with Crippen molar-refractivity contribution in [1.82, 2.24) is 20.1 Å². The summed E-state index contributed by atoms with van der Waals surface area (Å²) in [6, 6.07) is 15.3. The number of rotatable bonds is 2. The molecule has 28 heavy (non-hydrogen) atoms. The van der Waals surface area contributed by atoms with Crippen LogP contribution in [0.5, 0.6) is 0 Å². The number of aromatic nitrogens is 3. The van der Waals surface area contributed by atoms with Crippen molar-refractivity contribution in [1.29, 1.82) is 0 Å². The molecular weight excluding hydrogens is 352 g/mol. The van der Waals surface area contributed by atoms with Crippen molar-refractivity contribution in [2.45, 2.75) is 25.3 Å². The molecule has 4 aromatic rings. The Balaban J connectivity index is 1.55. The number of benzene rings is 2. The van der Waals surface area contributed by atoms with Gasteiger partial charge in [0.1, 0.15) is 0 Å². The Morgan fingerprint density at radius 1 is 1.11 bits per heavy atom. The van der Waals surface area contributed by atoms with Gasteiger partial charge in [0.2, 0.25) is 0 Å². The number of hydrogen-bond donors (Lipinski definition) is 2. The van der Waals surface area contributed by atoms with Crippen molar-refractivity contribution in [2.75, 3.05) is 0 Å². The predicted molar refractivity (Wildman–Crippen MR) is 108 cm³/mol. The highest BCUT2D eigenvalue weighted by atomic mass is 16.2. The molecule has 1 aliphatic carbocycles. The highest BCUT2D eigenvalue weighted by Crippen LogP contribution is 2.34. The number of nitrogens with zero attached hydrogens (tertiary/aromatic N) is 2. The van der Waals surface area contributed by atoms with Crippen LogP contribution in [0.1, 0.15) is 40.6 Å². The third-order valence-corrected chi connectivity index (χ3v) is 5.59. The fourth-order valence-electron chi connectivity index (χ4n) is 4.25. The zero-order valence-electron chi connectivity index (χ0n) is 15.5. The van der Waals surface area contributed by atoms with E-state index in [0.29, 0.717) is 10.8 Å². The molecule has 0 saturated heterocycles. The monoisotopic (exact) mass is 372 g/mol. The van der Waals surface area contributed by atoms with Gasteiger partial charge in [0.25, 0.3) is 11.5 Å². The van der Waals surface area contributed by atoms with Gasteiger partial charge in [-0.2, -0.15) is 5.10 Å². The van der Waals surface area contributed by atoms with E-state index in [1.165, 1.54) is 15.6 Å². The lowest BCUT2D eigenvalue weighted by molar-refractivity contribution is 0.0926. The third kappa shape index (κ3) is 2.52. The highest BCUT2D eigenvalue weighted by molar-refractivity contribution is 6.05. The van der Waals surface area contributed by atoms with E-state index in [1.54, 1.807) is 25.2 Å². The molecule has 0 aliphatic heterocycles. The molecule has 1 unspecified atom stereocenters. The molecule has 0 radical (unpaired) electrons. The molecule has 2 aromatic heterocycles. The van der Waals surface area contributed by atoms with Gasteiger partial charge in [-0.05, 0) is 37.0 Å². The number of carbonyl (C=O) groups is 1. The van der Waals surface area contributed by atoms with E-state index in [1.807, 2.05) is 18.2 Å². The number of H-pyrrole nitrogens is 1. The zero-order chi connectivity index (χ0) is 19.3. The Kier molecular flexibility index (Phi) is 3.79. The van der Waals surface area contributed by atoms with Crippen LogP contribution >= 0.6 is 0 Å². The summed E-state index contributed by atoms with van der Waals surface area (Å²) in [5, 5.41) is 9.69. The van der Waals surface area contributed by atoms with E-state index in [9.17, 15) is 9.59 Å². The summed E-state index contributed by atoms with van der Waals surface area (Å²) in [7, 11) is 1.57. The quantitative estimate of drug-likeness (QED) is 0.567. The second-order valence-corrected chi connectivity index (χ2v) is 7.30. The summed E-state index contributed by atoms with van der Waals surface area (Å²) in [5.41, 5.74) is 3.53. The molecule has 2 aromatic carbocycles. The molecule has 0 saturated carbocycles. The Bertz CT molecular complexity index is 1280. The number of fused-ring (bicyclic) bond motifs is 4. The van der Waals surface area contributed by atoms with Gasteiger partial charge in [0.05, 0.1) is 11.4 Å². The minimum absolute atomic E-state index is 0.0959. The van der Waals surface area contributed by atoms with Crippen molar-refractivity contribution in [3.63, 3.8) is 0 Å². The normalized spacial score (nSPS) is 16.2. The maximum absolute atomic E-state index is 13.1. The van der Waals surface area contributed by atoms with E-state index in [4.69, 9.17) is 0 Å². The van der Waals surface area contributed by atoms with Crippen LogP contribution in [0.2, 0.25) is 0 Å². The topological polar surface area (TPSA) is 79.8 Å². The first-order chi connectivity index (χ1) is 13.6. The summed E-state index contributed by atoms with van der Waals surface area (Å²) < 4.78 is 1.23. The fraction of sp³-hybridized carbons (Fsp3) is 0.227. The number of hydrogen-bond acceptors (Lipinski definition) is 3. The van der Waals surface area contributed by atoms with Crippen LogP contribution in [0.15, 0.2) is 53.3 Å². The van der Waals surface area contributed by atoms with Gasteiger partial charge in [-0.15, -0.1) is 0 Å². The van der Waals surface area contributed by atoms with Crippen LogP contribution in [0, 0.1) is 0 Å². The van der Waals surface area contributed by atoms with Gasteiger partial charge in [0, 0.05) is 29.0 Å². The predicted octanol–water partition coefficient (Wildman–Crippen LogP) is 3.22. The van der Waals surface area contributed by atoms with E-state index in [2.05, 4.69) is 27.5 Å². The molecule has 0 spiro atoms. The molecule has 6 heteroatoms. The van der Waals surface area contributed by atoms with Crippen molar-refractivity contribution in [3.05, 3.63) is 75.8 Å². The van der Waals surface area contributed by atoms with E-state index in [-0.39, 0.29) is 23.2 Å². The Morgan fingerprint density at radius 3 is 2.64 bits per heavy atom. The Hall–Kier alpha value is -3.41. The molecule has 0 fully saturated rings. The van der Waals surface area contributed by atoms with Crippen molar-refractivity contribution >= 4 is 27.6 Å². The van der Waals surface area contributed by atoms with Gasteiger partial charge in [-0.3, -0.25) is 9.59 Å². The molecule has 140 valence electrons. The Labute approximate surface area is 161 Å². The average molecular weight is 372 g/mol. The lowest BCUT2D eigenvalue weighted by Gasteiger charge is -2.24. The number of aryl methyl sites for hydroxylation is 2. The highest BCUT2D eigenvalue weighted by Gasteiger charge is 2.27. The third-order valence-electron chi connectivity index (χ3n) is 5.59.